The standard InChI is InChI=1S/C34H56N5O6P/c1-3-4-5-6-7-8-9-10-11-12-13-14-15-19-23-42-24-20-25-44-46(41,45-30-21-17-16-18-22-30)28-43-29(2)26-39-27-36-31-32(39)37-34(35)38-33(31)40/h16-18,21-22,27,29H,3-15,19-20,23-26,28H2,1-2H3,(H3,35,37,38,40). The Morgan fingerprint density at radius 3 is 2.13 bits per heavy atom. The fourth-order valence-electron chi connectivity index (χ4n) is 5.25. The van der Waals surface area contributed by atoms with Crippen molar-refractivity contribution in [2.24, 2.45) is 0 Å². The molecule has 12 heteroatoms. The van der Waals surface area contributed by atoms with Crippen molar-refractivity contribution >= 4 is 24.7 Å². The number of H-pyrrole nitrogens is 1. The number of rotatable bonds is 27. The van der Waals surface area contributed by atoms with E-state index in [0.717, 1.165) is 13.0 Å². The van der Waals surface area contributed by atoms with E-state index in [1.165, 1.54) is 89.8 Å². The number of aromatic amines is 1. The minimum atomic E-state index is -3.63. The van der Waals surface area contributed by atoms with Gasteiger partial charge in [-0.2, -0.15) is 4.98 Å². The van der Waals surface area contributed by atoms with Gasteiger partial charge in [0.1, 0.15) is 5.75 Å². The molecule has 0 spiro atoms. The van der Waals surface area contributed by atoms with E-state index in [0.29, 0.717) is 31.0 Å². The summed E-state index contributed by atoms with van der Waals surface area (Å²) in [5, 5.41) is 0. The molecule has 2 aromatic heterocycles. The molecule has 1 aromatic carbocycles. The zero-order chi connectivity index (χ0) is 32.9. The number of benzene rings is 1. The van der Waals surface area contributed by atoms with E-state index in [2.05, 4.69) is 21.9 Å². The molecule has 0 aliphatic carbocycles. The van der Waals surface area contributed by atoms with Crippen LogP contribution in [0.1, 0.15) is 110 Å². The van der Waals surface area contributed by atoms with Crippen molar-refractivity contribution in [1.82, 2.24) is 19.5 Å². The molecule has 11 nitrogen and oxygen atoms in total. The van der Waals surface area contributed by atoms with Gasteiger partial charge >= 0.3 is 7.60 Å². The van der Waals surface area contributed by atoms with Gasteiger partial charge in [0.15, 0.2) is 17.5 Å². The van der Waals surface area contributed by atoms with Gasteiger partial charge in [0.2, 0.25) is 5.95 Å². The number of para-hydroxylation sites is 1. The third kappa shape index (κ3) is 14.8. The van der Waals surface area contributed by atoms with Crippen molar-refractivity contribution in [3.8, 4) is 5.75 Å². The van der Waals surface area contributed by atoms with Crippen molar-refractivity contribution in [1.29, 1.82) is 0 Å². The van der Waals surface area contributed by atoms with Gasteiger partial charge in [0.05, 0.1) is 25.6 Å². The number of ether oxygens (including phenoxy) is 2. The van der Waals surface area contributed by atoms with E-state index in [4.69, 9.17) is 24.3 Å². The van der Waals surface area contributed by atoms with Crippen LogP contribution in [-0.4, -0.2) is 51.8 Å². The van der Waals surface area contributed by atoms with Gasteiger partial charge in [-0.05, 0) is 31.9 Å². The average molecular weight is 662 g/mol. The molecule has 46 heavy (non-hydrogen) atoms. The third-order valence-electron chi connectivity index (χ3n) is 7.82. The maximum Gasteiger partial charge on any atom is 0.404 e. The quantitative estimate of drug-likeness (QED) is 0.0610. The van der Waals surface area contributed by atoms with Crippen LogP contribution in [-0.2, 0) is 25.1 Å². The Morgan fingerprint density at radius 1 is 0.870 bits per heavy atom. The average Bonchev–Trinajstić information content (AvgIpc) is 3.44. The Kier molecular flexibility index (Phi) is 18.0. The first-order valence-electron chi connectivity index (χ1n) is 17.3. The second-order valence-corrected chi connectivity index (χ2v) is 14.0. The van der Waals surface area contributed by atoms with Gasteiger partial charge in [0.25, 0.3) is 5.56 Å². The predicted octanol–water partition coefficient (Wildman–Crippen LogP) is 8.24. The summed E-state index contributed by atoms with van der Waals surface area (Å²) in [6.07, 6.45) is 20.1. The Balaban J connectivity index is 1.28. The number of imidazole rings is 1. The van der Waals surface area contributed by atoms with Crippen LogP contribution in [0.4, 0.5) is 5.95 Å². The van der Waals surface area contributed by atoms with Crippen LogP contribution >= 0.6 is 7.60 Å². The number of hydrogen-bond donors (Lipinski definition) is 2. The largest absolute Gasteiger partial charge is 0.423 e. The number of hydrogen-bond acceptors (Lipinski definition) is 9. The summed E-state index contributed by atoms with van der Waals surface area (Å²) in [6, 6.07) is 8.92. The number of nitrogens with zero attached hydrogens (tertiary/aromatic N) is 3. The summed E-state index contributed by atoms with van der Waals surface area (Å²) < 4.78 is 38.6. The normalized spacial score (nSPS) is 13.6. The molecule has 3 rings (SSSR count). The molecular weight excluding hydrogens is 605 g/mol. The molecule has 0 fully saturated rings. The molecule has 2 heterocycles. The number of nitrogen functional groups attached to an aromatic ring is 1. The second-order valence-electron chi connectivity index (χ2n) is 12.0. The van der Waals surface area contributed by atoms with Crippen LogP contribution in [0.3, 0.4) is 0 Å². The van der Waals surface area contributed by atoms with E-state index < -0.39 is 19.3 Å². The van der Waals surface area contributed by atoms with Crippen molar-refractivity contribution in [3.05, 3.63) is 47.0 Å². The number of aromatic nitrogens is 4. The van der Waals surface area contributed by atoms with E-state index in [9.17, 15) is 9.36 Å². The molecule has 0 bridgehead atoms. The first kappa shape index (κ1) is 37.7. The van der Waals surface area contributed by atoms with Gasteiger partial charge in [-0.25, -0.2) is 9.55 Å². The number of anilines is 1. The molecule has 2 unspecified atom stereocenters. The van der Waals surface area contributed by atoms with Crippen molar-refractivity contribution in [3.63, 3.8) is 0 Å². The van der Waals surface area contributed by atoms with Crippen molar-refractivity contribution < 1.29 is 23.1 Å². The molecule has 0 saturated carbocycles. The smallest absolute Gasteiger partial charge is 0.404 e. The molecule has 0 aliphatic rings. The molecule has 0 amide bonds. The van der Waals surface area contributed by atoms with E-state index >= 15 is 0 Å². The lowest BCUT2D eigenvalue weighted by molar-refractivity contribution is 0.0700. The monoisotopic (exact) mass is 661 g/mol. The zero-order valence-electron chi connectivity index (χ0n) is 28.0. The van der Waals surface area contributed by atoms with Crippen LogP contribution in [0.15, 0.2) is 41.5 Å². The maximum absolute atomic E-state index is 13.7. The summed E-state index contributed by atoms with van der Waals surface area (Å²) in [6.45, 7) is 5.88. The highest BCUT2D eigenvalue weighted by molar-refractivity contribution is 7.54. The molecule has 0 aliphatic heterocycles. The van der Waals surface area contributed by atoms with Gasteiger partial charge in [-0.3, -0.25) is 14.3 Å². The first-order chi connectivity index (χ1) is 22.4. The summed E-state index contributed by atoms with van der Waals surface area (Å²) in [5.74, 6) is 0.446. The molecular formula is C34H56N5O6P. The fraction of sp³-hybridized carbons (Fsp3) is 0.676. The van der Waals surface area contributed by atoms with Crippen LogP contribution < -0.4 is 15.8 Å². The van der Waals surface area contributed by atoms with E-state index in [1.54, 1.807) is 28.8 Å². The summed E-state index contributed by atoms with van der Waals surface area (Å²) in [7, 11) is -3.63. The summed E-state index contributed by atoms with van der Waals surface area (Å²) in [5.41, 5.74) is 5.83. The third-order valence-corrected chi connectivity index (χ3v) is 9.35. The minimum absolute atomic E-state index is 0.00514. The summed E-state index contributed by atoms with van der Waals surface area (Å²) in [4.78, 5) is 22.8. The fourth-order valence-corrected chi connectivity index (χ4v) is 6.72. The number of nitrogens with one attached hydrogen (secondary N) is 1. The molecule has 0 radical (unpaired) electrons. The molecule has 3 N–H and O–H groups in total. The van der Waals surface area contributed by atoms with Crippen LogP contribution in [0, 0.1) is 0 Å². The number of unbranched alkanes of at least 4 members (excludes halogenated alkanes) is 13. The Hall–Kier alpha value is -2.72. The maximum atomic E-state index is 13.7. The Morgan fingerprint density at radius 2 is 1.48 bits per heavy atom. The first-order valence-corrected chi connectivity index (χ1v) is 19.0. The van der Waals surface area contributed by atoms with E-state index in [-0.39, 0.29) is 24.4 Å². The Bertz CT molecular complexity index is 1330. The SMILES string of the molecule is CCCCCCCCCCCCCCCCOCCCOP(=O)(COC(C)Cn1cnc2c(=O)[nH]c(N)nc21)Oc1ccccc1. The lowest BCUT2D eigenvalue weighted by Crippen LogP contribution is -2.19. The van der Waals surface area contributed by atoms with Crippen LogP contribution in [0.25, 0.3) is 11.2 Å². The zero-order valence-corrected chi connectivity index (χ0v) is 28.9. The number of fused-ring (bicyclic) bond motifs is 1. The Labute approximate surface area is 274 Å². The second kappa shape index (κ2) is 22.0. The highest BCUT2D eigenvalue weighted by atomic mass is 31.2. The van der Waals surface area contributed by atoms with Gasteiger partial charge in [-0.1, -0.05) is 109 Å². The lowest BCUT2D eigenvalue weighted by Gasteiger charge is -2.22. The highest BCUT2D eigenvalue weighted by Gasteiger charge is 2.28. The minimum Gasteiger partial charge on any atom is -0.423 e. The summed E-state index contributed by atoms with van der Waals surface area (Å²) >= 11 is 0. The van der Waals surface area contributed by atoms with Gasteiger partial charge < -0.3 is 24.3 Å². The van der Waals surface area contributed by atoms with Crippen molar-refractivity contribution in [2.75, 3.05) is 31.9 Å². The van der Waals surface area contributed by atoms with Crippen molar-refractivity contribution in [2.45, 2.75) is 123 Å². The highest BCUT2D eigenvalue weighted by Crippen LogP contribution is 2.48. The molecule has 0 saturated heterocycles. The van der Waals surface area contributed by atoms with Crippen LogP contribution in [0.2, 0.25) is 0 Å². The molecule has 2 atom stereocenters. The molecule has 3 aromatic rings. The van der Waals surface area contributed by atoms with E-state index in [1.807, 2.05) is 13.0 Å². The topological polar surface area (TPSA) is 144 Å². The predicted molar refractivity (Wildman–Crippen MR) is 184 cm³/mol. The molecule has 258 valence electrons. The van der Waals surface area contributed by atoms with Gasteiger partial charge in [0, 0.05) is 13.2 Å². The lowest BCUT2D eigenvalue weighted by atomic mass is 10.0. The van der Waals surface area contributed by atoms with Gasteiger partial charge in [-0.15, -0.1) is 0 Å². The number of nitrogens with two attached hydrogens (primary N) is 1. The van der Waals surface area contributed by atoms with Crippen LogP contribution in [0.5, 0.6) is 5.75 Å².